The van der Waals surface area contributed by atoms with Gasteiger partial charge in [-0.15, -0.1) is 0 Å². The Bertz CT molecular complexity index is 444. The molecule has 1 aromatic rings. The number of aromatic hydroxyl groups is 1. The Balaban J connectivity index is 2.50. The van der Waals surface area contributed by atoms with Gasteiger partial charge in [-0.1, -0.05) is 11.8 Å². The van der Waals surface area contributed by atoms with Crippen LogP contribution in [0.5, 0.6) is 5.75 Å². The number of hydrogen-bond acceptors (Lipinski definition) is 3. The third kappa shape index (κ3) is 3.93. The molecule has 0 aliphatic heterocycles. The first-order valence-corrected chi connectivity index (χ1v) is 4.91. The van der Waals surface area contributed by atoms with E-state index in [1.807, 2.05) is 0 Å². The van der Waals surface area contributed by atoms with Gasteiger partial charge >= 0.3 is 0 Å². The van der Waals surface area contributed by atoms with E-state index in [9.17, 15) is 9.90 Å². The highest BCUT2D eigenvalue weighted by Gasteiger charge is 1.95. The molecule has 4 heteroatoms. The molecule has 4 N–H and O–H groups in total. The molecule has 4 nitrogen and oxygen atoms in total. The van der Waals surface area contributed by atoms with Crippen molar-refractivity contribution in [1.29, 1.82) is 0 Å². The van der Waals surface area contributed by atoms with Crippen molar-refractivity contribution in [1.82, 2.24) is 5.32 Å². The van der Waals surface area contributed by atoms with E-state index in [4.69, 9.17) is 5.73 Å². The van der Waals surface area contributed by atoms with E-state index in [1.54, 1.807) is 12.1 Å². The van der Waals surface area contributed by atoms with Gasteiger partial charge in [0.2, 0.25) is 5.91 Å². The molecule has 0 atom stereocenters. The number of phenols is 1. The van der Waals surface area contributed by atoms with Crippen molar-refractivity contribution in [3.05, 3.63) is 23.8 Å². The van der Waals surface area contributed by atoms with Crippen LogP contribution < -0.4 is 11.1 Å². The quantitative estimate of drug-likeness (QED) is 0.298. The summed E-state index contributed by atoms with van der Waals surface area (Å²) in [7, 11) is 0. The number of nitrogens with one attached hydrogen (secondary N) is 1. The van der Waals surface area contributed by atoms with Crippen molar-refractivity contribution < 1.29 is 9.90 Å². The minimum atomic E-state index is -0.0630. The number of carbonyl (C=O) groups is 1. The molecule has 0 unspecified atom stereocenters. The predicted molar refractivity (Wildman–Crippen MR) is 62.7 cm³/mol. The highest BCUT2D eigenvalue weighted by atomic mass is 16.3. The van der Waals surface area contributed by atoms with Crippen molar-refractivity contribution in [3.8, 4) is 17.6 Å². The minimum absolute atomic E-state index is 0.0358. The van der Waals surface area contributed by atoms with Crippen LogP contribution in [0.2, 0.25) is 0 Å². The van der Waals surface area contributed by atoms with Gasteiger partial charge in [-0.3, -0.25) is 4.79 Å². The zero-order valence-corrected chi connectivity index (χ0v) is 9.08. The van der Waals surface area contributed by atoms with E-state index < -0.39 is 0 Å². The maximum absolute atomic E-state index is 10.6. The topological polar surface area (TPSA) is 75.4 Å². The number of phenolic OH excluding ortho intramolecular Hbond substituents is 1. The Morgan fingerprint density at radius 3 is 2.94 bits per heavy atom. The predicted octanol–water partition coefficient (Wildman–Crippen LogP) is 0.852. The molecule has 0 saturated heterocycles. The molecule has 0 saturated carbocycles. The zero-order chi connectivity index (χ0) is 12.0. The number of rotatable bonds is 2. The Hall–Kier alpha value is -2.15. The number of anilines is 1. The number of nitrogen functional groups attached to an aromatic ring is 1. The first-order valence-electron chi connectivity index (χ1n) is 4.91. The molecule has 0 aromatic heterocycles. The summed E-state index contributed by atoms with van der Waals surface area (Å²) >= 11 is 0. The molecule has 1 aromatic carbocycles. The number of carbonyl (C=O) groups excluding carboxylic acids is 1. The van der Waals surface area contributed by atoms with Crippen LogP contribution in [0.15, 0.2) is 18.2 Å². The van der Waals surface area contributed by atoms with Crippen LogP contribution >= 0.6 is 0 Å². The van der Waals surface area contributed by atoms with Crippen molar-refractivity contribution in [2.45, 2.75) is 13.3 Å². The number of nitrogens with two attached hydrogens (primary N) is 1. The standard InChI is InChI=1S/C12H14N2O2/c1-9(15)14-7-3-2-4-10-5-6-11(13)12(16)8-10/h5-6,8,16H,3,7,13H2,1H3,(H,14,15). The lowest BCUT2D eigenvalue weighted by Crippen LogP contribution is -2.20. The van der Waals surface area contributed by atoms with Gasteiger partial charge in [0.05, 0.1) is 5.69 Å². The van der Waals surface area contributed by atoms with Gasteiger partial charge in [-0.2, -0.15) is 0 Å². The van der Waals surface area contributed by atoms with E-state index in [1.165, 1.54) is 13.0 Å². The van der Waals surface area contributed by atoms with E-state index in [0.29, 0.717) is 24.2 Å². The van der Waals surface area contributed by atoms with Gasteiger partial charge in [0.15, 0.2) is 0 Å². The average Bonchev–Trinajstić information content (AvgIpc) is 2.22. The lowest BCUT2D eigenvalue weighted by atomic mass is 10.2. The molecule has 0 aliphatic rings. The summed E-state index contributed by atoms with van der Waals surface area (Å²) in [5.41, 5.74) is 6.49. The monoisotopic (exact) mass is 218 g/mol. The van der Waals surface area contributed by atoms with Crippen LogP contribution in [0.4, 0.5) is 5.69 Å². The van der Waals surface area contributed by atoms with Gasteiger partial charge in [0, 0.05) is 25.5 Å². The summed E-state index contributed by atoms with van der Waals surface area (Å²) in [6, 6.07) is 4.86. The molecule has 16 heavy (non-hydrogen) atoms. The van der Waals surface area contributed by atoms with Crippen molar-refractivity contribution >= 4 is 11.6 Å². The summed E-state index contributed by atoms with van der Waals surface area (Å²) in [4.78, 5) is 10.6. The molecule has 0 heterocycles. The number of benzene rings is 1. The second-order valence-corrected chi connectivity index (χ2v) is 3.31. The van der Waals surface area contributed by atoms with E-state index in [-0.39, 0.29) is 11.7 Å². The normalized spacial score (nSPS) is 9.06. The van der Waals surface area contributed by atoms with Gasteiger partial charge in [0.25, 0.3) is 0 Å². The fourth-order valence-corrected chi connectivity index (χ4v) is 1.09. The molecule has 0 radical (unpaired) electrons. The summed E-state index contributed by atoms with van der Waals surface area (Å²) in [5, 5.41) is 12.0. The summed E-state index contributed by atoms with van der Waals surface area (Å²) in [5.74, 6) is 5.73. The summed E-state index contributed by atoms with van der Waals surface area (Å²) in [6.45, 7) is 1.99. The molecule has 0 aliphatic carbocycles. The third-order valence-corrected chi connectivity index (χ3v) is 1.89. The highest BCUT2D eigenvalue weighted by molar-refractivity contribution is 5.72. The molecular weight excluding hydrogens is 204 g/mol. The summed E-state index contributed by atoms with van der Waals surface area (Å²) in [6.07, 6.45) is 0.574. The zero-order valence-electron chi connectivity index (χ0n) is 9.08. The molecular formula is C12H14N2O2. The minimum Gasteiger partial charge on any atom is -0.506 e. The molecule has 0 spiro atoms. The van der Waals surface area contributed by atoms with E-state index >= 15 is 0 Å². The van der Waals surface area contributed by atoms with Crippen LogP contribution in [0.25, 0.3) is 0 Å². The lowest BCUT2D eigenvalue weighted by Gasteiger charge is -1.98. The Kier molecular flexibility index (Phi) is 4.22. The fraction of sp³-hybridized carbons (Fsp3) is 0.250. The largest absolute Gasteiger partial charge is 0.506 e. The third-order valence-electron chi connectivity index (χ3n) is 1.89. The van der Waals surface area contributed by atoms with Gasteiger partial charge in [0.1, 0.15) is 5.75 Å². The Labute approximate surface area is 94.5 Å². The average molecular weight is 218 g/mol. The van der Waals surface area contributed by atoms with Crippen LogP contribution in [0.1, 0.15) is 18.9 Å². The van der Waals surface area contributed by atoms with Crippen molar-refractivity contribution in [3.63, 3.8) is 0 Å². The second-order valence-electron chi connectivity index (χ2n) is 3.31. The molecule has 0 bridgehead atoms. The van der Waals surface area contributed by atoms with Crippen LogP contribution in [-0.4, -0.2) is 17.6 Å². The fourth-order valence-electron chi connectivity index (χ4n) is 1.09. The van der Waals surface area contributed by atoms with Gasteiger partial charge < -0.3 is 16.2 Å². The van der Waals surface area contributed by atoms with Crippen molar-refractivity contribution in [2.75, 3.05) is 12.3 Å². The number of amides is 1. The highest BCUT2D eigenvalue weighted by Crippen LogP contribution is 2.19. The molecule has 1 rings (SSSR count). The molecule has 84 valence electrons. The smallest absolute Gasteiger partial charge is 0.216 e. The Morgan fingerprint density at radius 1 is 1.56 bits per heavy atom. The van der Waals surface area contributed by atoms with E-state index in [2.05, 4.69) is 17.2 Å². The van der Waals surface area contributed by atoms with Crippen LogP contribution in [-0.2, 0) is 4.79 Å². The Morgan fingerprint density at radius 2 is 2.31 bits per heavy atom. The van der Waals surface area contributed by atoms with Crippen LogP contribution in [0, 0.1) is 11.8 Å². The lowest BCUT2D eigenvalue weighted by molar-refractivity contribution is -0.118. The number of hydrogen-bond donors (Lipinski definition) is 3. The second kappa shape index (κ2) is 5.66. The summed E-state index contributed by atoms with van der Waals surface area (Å²) < 4.78 is 0. The van der Waals surface area contributed by atoms with Crippen LogP contribution in [0.3, 0.4) is 0 Å². The van der Waals surface area contributed by atoms with E-state index in [0.717, 1.165) is 0 Å². The molecule has 0 fully saturated rings. The SMILES string of the molecule is CC(=O)NCCC#Cc1ccc(N)c(O)c1. The maximum atomic E-state index is 10.6. The van der Waals surface area contributed by atoms with Gasteiger partial charge in [-0.05, 0) is 18.2 Å². The molecule has 1 amide bonds. The first-order chi connectivity index (χ1) is 7.59. The first kappa shape index (κ1) is 11.9. The van der Waals surface area contributed by atoms with Crippen molar-refractivity contribution in [2.24, 2.45) is 0 Å². The maximum Gasteiger partial charge on any atom is 0.216 e. The van der Waals surface area contributed by atoms with Gasteiger partial charge in [-0.25, -0.2) is 0 Å².